The molecule has 4 N–H and O–H groups in total. The minimum Gasteiger partial charge on any atom is -0.399 e. The summed E-state index contributed by atoms with van der Waals surface area (Å²) in [6.45, 7) is 4.41. The van der Waals surface area contributed by atoms with Gasteiger partial charge >= 0.3 is 0 Å². The molecule has 0 aliphatic rings. The lowest BCUT2D eigenvalue weighted by Gasteiger charge is -2.17. The molecule has 2 rings (SSSR count). The van der Waals surface area contributed by atoms with Crippen LogP contribution in [0.4, 0.5) is 11.4 Å². The molecule has 2 aromatic carbocycles. The molecule has 0 bridgehead atoms. The van der Waals surface area contributed by atoms with E-state index in [-0.39, 0.29) is 0 Å². The first kappa shape index (κ1) is 14.4. The van der Waals surface area contributed by atoms with Gasteiger partial charge < -0.3 is 11.5 Å². The van der Waals surface area contributed by atoms with Crippen molar-refractivity contribution in [2.45, 2.75) is 39.5 Å². The van der Waals surface area contributed by atoms with E-state index in [1.807, 2.05) is 18.2 Å². The Kier molecular flexibility index (Phi) is 4.67. The molecule has 0 radical (unpaired) electrons. The predicted molar refractivity (Wildman–Crippen MR) is 88.7 cm³/mol. The lowest BCUT2D eigenvalue weighted by Crippen LogP contribution is -2.02. The molecular formula is C18H24N2. The van der Waals surface area contributed by atoms with Gasteiger partial charge in [-0.25, -0.2) is 0 Å². The highest BCUT2D eigenvalue weighted by Crippen LogP contribution is 2.32. The van der Waals surface area contributed by atoms with Crippen LogP contribution in [-0.2, 0) is 12.8 Å². The van der Waals surface area contributed by atoms with Crippen LogP contribution < -0.4 is 11.5 Å². The molecule has 0 aliphatic heterocycles. The van der Waals surface area contributed by atoms with E-state index in [4.69, 9.17) is 11.5 Å². The van der Waals surface area contributed by atoms with Crippen molar-refractivity contribution in [2.24, 2.45) is 0 Å². The van der Waals surface area contributed by atoms with Crippen molar-refractivity contribution in [2.75, 3.05) is 11.5 Å². The van der Waals surface area contributed by atoms with E-state index >= 15 is 0 Å². The summed E-state index contributed by atoms with van der Waals surface area (Å²) >= 11 is 0. The standard InChI is InChI=1S/C18H24N2/c1-3-5-16-15(13-7-9-14(19)10-8-13)11-12-18(20)17(16)6-4-2/h7-12H,3-6,19-20H2,1-2H3. The molecule has 2 aromatic rings. The van der Waals surface area contributed by atoms with Gasteiger partial charge in [-0.3, -0.25) is 0 Å². The quantitative estimate of drug-likeness (QED) is 0.788. The van der Waals surface area contributed by atoms with Crippen LogP contribution in [0.2, 0.25) is 0 Å². The van der Waals surface area contributed by atoms with E-state index < -0.39 is 0 Å². The summed E-state index contributed by atoms with van der Waals surface area (Å²) in [7, 11) is 0. The lowest BCUT2D eigenvalue weighted by molar-refractivity contribution is 0.865. The van der Waals surface area contributed by atoms with E-state index in [9.17, 15) is 0 Å². The van der Waals surface area contributed by atoms with Crippen molar-refractivity contribution >= 4 is 11.4 Å². The van der Waals surface area contributed by atoms with Crippen molar-refractivity contribution in [3.8, 4) is 11.1 Å². The molecule has 0 atom stereocenters. The Balaban J connectivity index is 2.56. The second kappa shape index (κ2) is 6.47. The fourth-order valence-electron chi connectivity index (χ4n) is 2.73. The summed E-state index contributed by atoms with van der Waals surface area (Å²) in [6.07, 6.45) is 4.36. The number of benzene rings is 2. The molecule has 0 spiro atoms. The zero-order chi connectivity index (χ0) is 14.5. The lowest BCUT2D eigenvalue weighted by atomic mass is 9.89. The molecule has 0 saturated carbocycles. The van der Waals surface area contributed by atoms with Gasteiger partial charge in [0.25, 0.3) is 0 Å². The number of nitrogens with two attached hydrogens (primary N) is 2. The average molecular weight is 268 g/mol. The van der Waals surface area contributed by atoms with Crippen LogP contribution in [0.5, 0.6) is 0 Å². The van der Waals surface area contributed by atoms with Crippen LogP contribution in [0.25, 0.3) is 11.1 Å². The Labute approximate surface area is 121 Å². The van der Waals surface area contributed by atoms with Gasteiger partial charge in [0.1, 0.15) is 0 Å². The predicted octanol–water partition coefficient (Wildman–Crippen LogP) is 4.42. The molecule has 0 unspecified atom stereocenters. The van der Waals surface area contributed by atoms with Crippen LogP contribution in [0.1, 0.15) is 37.8 Å². The van der Waals surface area contributed by atoms with Crippen molar-refractivity contribution < 1.29 is 0 Å². The third kappa shape index (κ3) is 2.96. The molecule has 106 valence electrons. The molecule has 20 heavy (non-hydrogen) atoms. The highest BCUT2D eigenvalue weighted by molar-refractivity contribution is 5.73. The smallest absolute Gasteiger partial charge is 0.0349 e. The first-order valence-electron chi connectivity index (χ1n) is 7.43. The summed E-state index contributed by atoms with van der Waals surface area (Å²) in [5.74, 6) is 0. The van der Waals surface area contributed by atoms with E-state index in [1.54, 1.807) is 0 Å². The molecular weight excluding hydrogens is 244 g/mol. The third-order valence-electron chi connectivity index (χ3n) is 3.69. The van der Waals surface area contributed by atoms with Gasteiger partial charge in [0.2, 0.25) is 0 Å². The Hall–Kier alpha value is -1.96. The van der Waals surface area contributed by atoms with Gasteiger partial charge in [-0.2, -0.15) is 0 Å². The van der Waals surface area contributed by atoms with E-state index in [2.05, 4.69) is 32.0 Å². The Morgan fingerprint density at radius 2 is 1.35 bits per heavy atom. The zero-order valence-corrected chi connectivity index (χ0v) is 12.4. The molecule has 0 heterocycles. The van der Waals surface area contributed by atoms with E-state index in [0.29, 0.717) is 0 Å². The van der Waals surface area contributed by atoms with Gasteiger partial charge in [0.05, 0.1) is 0 Å². The number of anilines is 2. The Morgan fingerprint density at radius 1 is 0.750 bits per heavy atom. The molecule has 0 saturated heterocycles. The van der Waals surface area contributed by atoms with Crippen LogP contribution in [0, 0.1) is 0 Å². The van der Waals surface area contributed by atoms with Crippen molar-refractivity contribution in [3.63, 3.8) is 0 Å². The van der Waals surface area contributed by atoms with Crippen LogP contribution in [-0.4, -0.2) is 0 Å². The Morgan fingerprint density at radius 3 is 1.95 bits per heavy atom. The maximum absolute atomic E-state index is 6.19. The summed E-state index contributed by atoms with van der Waals surface area (Å²) in [5, 5.41) is 0. The molecule has 2 nitrogen and oxygen atoms in total. The fourth-order valence-corrected chi connectivity index (χ4v) is 2.73. The van der Waals surface area contributed by atoms with Crippen LogP contribution in [0.15, 0.2) is 36.4 Å². The van der Waals surface area contributed by atoms with Gasteiger partial charge in [-0.15, -0.1) is 0 Å². The SMILES string of the molecule is CCCc1c(N)ccc(-c2ccc(N)cc2)c1CCC. The normalized spacial score (nSPS) is 10.7. The molecule has 0 amide bonds. The average Bonchev–Trinajstić information content (AvgIpc) is 2.44. The number of nitrogen functional groups attached to an aromatic ring is 2. The molecule has 0 aliphatic carbocycles. The number of hydrogen-bond acceptors (Lipinski definition) is 2. The zero-order valence-electron chi connectivity index (χ0n) is 12.4. The maximum atomic E-state index is 6.19. The summed E-state index contributed by atoms with van der Waals surface area (Å²) < 4.78 is 0. The second-order valence-electron chi connectivity index (χ2n) is 5.28. The van der Waals surface area contributed by atoms with Crippen molar-refractivity contribution in [1.29, 1.82) is 0 Å². The highest BCUT2D eigenvalue weighted by Gasteiger charge is 2.12. The van der Waals surface area contributed by atoms with Gasteiger partial charge in [-0.05, 0) is 53.3 Å². The topological polar surface area (TPSA) is 52.0 Å². The number of rotatable bonds is 5. The van der Waals surface area contributed by atoms with Gasteiger partial charge in [0, 0.05) is 11.4 Å². The first-order valence-corrected chi connectivity index (χ1v) is 7.43. The summed E-state index contributed by atoms with van der Waals surface area (Å²) in [4.78, 5) is 0. The molecule has 2 heteroatoms. The minimum atomic E-state index is 0.801. The van der Waals surface area contributed by atoms with Crippen LogP contribution in [0.3, 0.4) is 0 Å². The van der Waals surface area contributed by atoms with E-state index in [1.165, 1.54) is 22.3 Å². The van der Waals surface area contributed by atoms with E-state index in [0.717, 1.165) is 37.1 Å². The molecule has 0 fully saturated rings. The fraction of sp³-hybridized carbons (Fsp3) is 0.333. The van der Waals surface area contributed by atoms with Crippen molar-refractivity contribution in [3.05, 3.63) is 47.5 Å². The number of hydrogen-bond donors (Lipinski definition) is 2. The summed E-state index contributed by atoms with van der Waals surface area (Å²) in [6, 6.07) is 12.3. The van der Waals surface area contributed by atoms with Crippen LogP contribution >= 0.6 is 0 Å². The van der Waals surface area contributed by atoms with Gasteiger partial charge in [-0.1, -0.05) is 44.9 Å². The second-order valence-corrected chi connectivity index (χ2v) is 5.28. The molecule has 0 aromatic heterocycles. The van der Waals surface area contributed by atoms with Gasteiger partial charge in [0.15, 0.2) is 0 Å². The monoisotopic (exact) mass is 268 g/mol. The maximum Gasteiger partial charge on any atom is 0.0349 e. The Bertz CT molecular complexity index is 571. The summed E-state index contributed by atoms with van der Waals surface area (Å²) in [5.41, 5.74) is 18.9. The third-order valence-corrected chi connectivity index (χ3v) is 3.69. The largest absolute Gasteiger partial charge is 0.399 e. The highest BCUT2D eigenvalue weighted by atomic mass is 14.6. The van der Waals surface area contributed by atoms with Crippen molar-refractivity contribution in [1.82, 2.24) is 0 Å². The first-order chi connectivity index (χ1) is 9.67. The minimum absolute atomic E-state index is 0.801.